The van der Waals surface area contributed by atoms with Gasteiger partial charge in [0.05, 0.1) is 41.1 Å². The number of esters is 1. The number of aromatic nitrogens is 3. The molecule has 2 aromatic carbocycles. The van der Waals surface area contributed by atoms with E-state index in [0.29, 0.717) is 18.2 Å². The van der Waals surface area contributed by atoms with E-state index in [1.807, 2.05) is 16.8 Å². The summed E-state index contributed by atoms with van der Waals surface area (Å²) < 4.78 is 41.3. The molecule has 0 amide bonds. The number of anilines is 2. The fourth-order valence-electron chi connectivity index (χ4n) is 4.47. The number of hydrogen-bond donors (Lipinski definition) is 1. The van der Waals surface area contributed by atoms with Gasteiger partial charge >= 0.3 is 5.97 Å². The molecule has 1 fully saturated rings. The molecule has 0 radical (unpaired) electrons. The van der Waals surface area contributed by atoms with Crippen molar-refractivity contribution in [3.05, 3.63) is 71.1 Å². The van der Waals surface area contributed by atoms with Gasteiger partial charge in [0, 0.05) is 28.2 Å². The Morgan fingerprint density at radius 1 is 1.12 bits per heavy atom. The number of nitrogens with one attached hydrogen (secondary N) is 1. The highest BCUT2D eigenvalue weighted by molar-refractivity contribution is 7.92. The lowest BCUT2D eigenvalue weighted by Gasteiger charge is -2.26. The lowest BCUT2D eigenvalue weighted by molar-refractivity contribution is -0.152. The summed E-state index contributed by atoms with van der Waals surface area (Å²) in [5.41, 5.74) is 0.235. The van der Waals surface area contributed by atoms with Gasteiger partial charge in [-0.2, -0.15) is 0 Å². The predicted octanol–water partition coefficient (Wildman–Crippen LogP) is 5.47. The lowest BCUT2D eigenvalue weighted by Crippen LogP contribution is -2.39. The van der Waals surface area contributed by atoms with Gasteiger partial charge in [-0.25, -0.2) is 18.4 Å². The normalized spacial score (nSPS) is 15.7. The maximum atomic E-state index is 13.8. The van der Waals surface area contributed by atoms with Crippen LogP contribution in [0.15, 0.2) is 66.0 Å². The van der Waals surface area contributed by atoms with Crippen LogP contribution in [0.1, 0.15) is 27.2 Å². The van der Waals surface area contributed by atoms with Crippen LogP contribution >= 0.6 is 23.2 Å². The zero-order valence-electron chi connectivity index (χ0n) is 22.7. The smallest absolute Gasteiger partial charge is 0.327 e. The van der Waals surface area contributed by atoms with Gasteiger partial charge in [-0.05, 0) is 69.7 Å². The summed E-state index contributed by atoms with van der Waals surface area (Å²) in [7, 11) is -4.26. The quantitative estimate of drug-likeness (QED) is 0.259. The molecule has 0 saturated carbocycles. The molecule has 0 spiro atoms. The minimum Gasteiger partial charge on any atom is -0.459 e. The Hall–Kier alpha value is -3.38. The highest BCUT2D eigenvalue weighted by atomic mass is 35.5. The molecule has 10 nitrogen and oxygen atoms in total. The van der Waals surface area contributed by atoms with Crippen LogP contribution in [-0.2, 0) is 24.3 Å². The molecule has 0 unspecified atom stereocenters. The number of sulfonamides is 1. The molecule has 0 bridgehead atoms. The summed E-state index contributed by atoms with van der Waals surface area (Å²) in [5, 5.41) is 4.34. The first-order valence-corrected chi connectivity index (χ1v) is 15.1. The summed E-state index contributed by atoms with van der Waals surface area (Å²) >= 11 is 12.2. The van der Waals surface area contributed by atoms with Crippen molar-refractivity contribution in [1.29, 1.82) is 0 Å². The van der Waals surface area contributed by atoms with Crippen LogP contribution in [0.5, 0.6) is 0 Å². The fourth-order valence-corrected chi connectivity index (χ4v) is 6.60. The van der Waals surface area contributed by atoms with Gasteiger partial charge in [-0.15, -0.1) is 0 Å². The molecule has 1 aliphatic heterocycles. The van der Waals surface area contributed by atoms with Crippen molar-refractivity contribution in [3.63, 3.8) is 0 Å². The number of rotatable bonds is 8. The first-order chi connectivity index (χ1) is 19.4. The molecule has 41 heavy (non-hydrogen) atoms. The average molecular weight is 619 g/mol. The minimum absolute atomic E-state index is 0.149. The van der Waals surface area contributed by atoms with E-state index in [1.54, 1.807) is 51.4 Å². The second-order valence-corrected chi connectivity index (χ2v) is 13.3. The van der Waals surface area contributed by atoms with Gasteiger partial charge in [0.2, 0.25) is 0 Å². The van der Waals surface area contributed by atoms with E-state index in [4.69, 9.17) is 32.7 Å². The third-order valence-electron chi connectivity index (χ3n) is 6.25. The van der Waals surface area contributed by atoms with Crippen LogP contribution in [0.25, 0.3) is 16.7 Å². The zero-order chi connectivity index (χ0) is 29.4. The van der Waals surface area contributed by atoms with Crippen molar-refractivity contribution in [1.82, 2.24) is 14.5 Å². The summed E-state index contributed by atoms with van der Waals surface area (Å²) in [6, 6.07) is 11.1. The molecule has 216 valence electrons. The third-order valence-corrected chi connectivity index (χ3v) is 8.43. The van der Waals surface area contributed by atoms with E-state index < -0.39 is 28.1 Å². The van der Waals surface area contributed by atoms with Crippen LogP contribution in [0.3, 0.4) is 0 Å². The number of carbonyl (C=O) groups is 1. The summed E-state index contributed by atoms with van der Waals surface area (Å²) in [4.78, 5) is 21.7. The van der Waals surface area contributed by atoms with Crippen molar-refractivity contribution >= 4 is 61.6 Å². The number of benzene rings is 2. The highest BCUT2D eigenvalue weighted by Crippen LogP contribution is 2.31. The molecule has 3 heterocycles. The monoisotopic (exact) mass is 617 g/mol. The van der Waals surface area contributed by atoms with Crippen LogP contribution in [0.4, 0.5) is 11.5 Å². The molecule has 1 atom stereocenters. The number of ether oxygens (including phenoxy) is 2. The number of nitrogens with zero attached hydrogens (tertiary/aromatic N) is 4. The standard InChI is InChI=1S/C28H29Cl2N5O5S/c1-28(2,3)40-27(36)16-35(41(37,38)23-12-19(29)11-20(30)13-23)22-4-5-24-18(10-22)6-8-34(24)26-15-31-25(14-32-26)33-21-7-9-39-17-21/h4-6,8,10-15,21H,7,9,16-17H2,1-3H3,(H,31,33)/t21-/m1/s1. The molecule has 1 aliphatic rings. The largest absolute Gasteiger partial charge is 0.459 e. The predicted molar refractivity (Wildman–Crippen MR) is 159 cm³/mol. The number of halogens is 2. The molecule has 2 aromatic heterocycles. The molecule has 1 saturated heterocycles. The summed E-state index contributed by atoms with van der Waals surface area (Å²) in [6.07, 6.45) is 6.06. The Balaban J connectivity index is 1.48. The molecule has 13 heteroatoms. The molecular weight excluding hydrogens is 589 g/mol. The van der Waals surface area contributed by atoms with Crippen molar-refractivity contribution in [3.8, 4) is 5.82 Å². The molecule has 4 aromatic rings. The van der Waals surface area contributed by atoms with Crippen LogP contribution in [-0.4, -0.2) is 60.3 Å². The first-order valence-electron chi connectivity index (χ1n) is 12.9. The Bertz CT molecular complexity index is 1660. The van der Waals surface area contributed by atoms with Gasteiger partial charge < -0.3 is 14.8 Å². The molecule has 5 rings (SSSR count). The summed E-state index contributed by atoms with van der Waals surface area (Å²) in [6.45, 7) is 5.95. The van der Waals surface area contributed by atoms with Gasteiger partial charge in [0.1, 0.15) is 18.0 Å². The Morgan fingerprint density at radius 2 is 1.88 bits per heavy atom. The SMILES string of the molecule is CC(C)(C)OC(=O)CN(c1ccc2c(ccn2-c2cnc(N[C@@H]3CCOC3)cn2)c1)S(=O)(=O)c1cc(Cl)cc(Cl)c1. The van der Waals surface area contributed by atoms with E-state index in [0.717, 1.165) is 28.2 Å². The van der Waals surface area contributed by atoms with Crippen LogP contribution in [0.2, 0.25) is 10.0 Å². The van der Waals surface area contributed by atoms with E-state index in [-0.39, 0.29) is 26.7 Å². The summed E-state index contributed by atoms with van der Waals surface area (Å²) in [5.74, 6) is 0.542. The fraction of sp³-hybridized carbons (Fsp3) is 0.321. The van der Waals surface area contributed by atoms with E-state index in [1.165, 1.54) is 18.2 Å². The maximum absolute atomic E-state index is 13.8. The van der Waals surface area contributed by atoms with E-state index >= 15 is 0 Å². The lowest BCUT2D eigenvalue weighted by atomic mass is 10.2. The highest BCUT2D eigenvalue weighted by Gasteiger charge is 2.30. The Labute approximate surface area is 248 Å². The van der Waals surface area contributed by atoms with Gasteiger partial charge in [0.25, 0.3) is 10.0 Å². The van der Waals surface area contributed by atoms with E-state index in [2.05, 4.69) is 15.3 Å². The van der Waals surface area contributed by atoms with Crippen LogP contribution < -0.4 is 9.62 Å². The first kappa shape index (κ1) is 29.1. The zero-order valence-corrected chi connectivity index (χ0v) is 25.0. The molecule has 0 aliphatic carbocycles. The second kappa shape index (κ2) is 11.5. The average Bonchev–Trinajstić information content (AvgIpc) is 3.56. The third kappa shape index (κ3) is 6.75. The van der Waals surface area contributed by atoms with Crippen molar-refractivity contribution in [2.45, 2.75) is 43.7 Å². The number of carbonyl (C=O) groups excluding carboxylic acids is 1. The minimum atomic E-state index is -4.26. The van der Waals surface area contributed by atoms with Gasteiger partial charge in [0.15, 0.2) is 5.82 Å². The van der Waals surface area contributed by atoms with Gasteiger partial charge in [-0.1, -0.05) is 23.2 Å². The number of fused-ring (bicyclic) bond motifs is 1. The Morgan fingerprint density at radius 3 is 2.51 bits per heavy atom. The van der Waals surface area contributed by atoms with Crippen LogP contribution in [0, 0.1) is 0 Å². The topological polar surface area (TPSA) is 116 Å². The number of hydrogen-bond acceptors (Lipinski definition) is 8. The Kier molecular flexibility index (Phi) is 8.15. The van der Waals surface area contributed by atoms with Gasteiger partial charge in [-0.3, -0.25) is 13.7 Å². The van der Waals surface area contributed by atoms with E-state index in [9.17, 15) is 13.2 Å². The molecule has 1 N–H and O–H groups in total. The maximum Gasteiger partial charge on any atom is 0.327 e. The molecular formula is C28H29Cl2N5O5S. The second-order valence-electron chi connectivity index (χ2n) is 10.6. The van der Waals surface area contributed by atoms with Crippen molar-refractivity contribution < 1.29 is 22.7 Å². The van der Waals surface area contributed by atoms with Crippen molar-refractivity contribution in [2.75, 3.05) is 29.4 Å². The van der Waals surface area contributed by atoms with Crippen molar-refractivity contribution in [2.24, 2.45) is 0 Å².